The third-order valence-corrected chi connectivity index (χ3v) is 4.91. The Balaban J connectivity index is 2.34. The van der Waals surface area contributed by atoms with Crippen LogP contribution in [0.3, 0.4) is 0 Å². The van der Waals surface area contributed by atoms with Crippen LogP contribution < -0.4 is 20.6 Å². The first kappa shape index (κ1) is 21.0. The lowest BCUT2D eigenvalue weighted by Crippen LogP contribution is -2.46. The molecule has 2 heterocycles. The molecule has 0 saturated carbocycles. The molecule has 13 heteroatoms. The fourth-order valence-electron chi connectivity index (χ4n) is 2.02. The molecule has 0 spiro atoms. The van der Waals surface area contributed by atoms with Crippen molar-refractivity contribution in [2.24, 2.45) is 5.84 Å². The van der Waals surface area contributed by atoms with Crippen molar-refractivity contribution in [2.75, 3.05) is 19.5 Å². The SMILES string of the molecule is CCC(=O)c1cccnc1S(=O)(=O)N(N)C(=O)Nc1nc(OC)cc(OC)n1. The highest BCUT2D eigenvalue weighted by atomic mass is 32.2. The Kier molecular flexibility index (Phi) is 6.43. The van der Waals surface area contributed by atoms with Crippen LogP contribution in [0.4, 0.5) is 10.7 Å². The molecule has 2 aromatic heterocycles. The van der Waals surface area contributed by atoms with Gasteiger partial charge in [0.2, 0.25) is 17.7 Å². The average Bonchev–Trinajstić information content (AvgIpc) is 2.71. The molecule has 28 heavy (non-hydrogen) atoms. The molecule has 2 rings (SSSR count). The molecule has 0 aliphatic heterocycles. The number of sulfonamides is 1. The van der Waals surface area contributed by atoms with Crippen LogP contribution in [0.1, 0.15) is 23.7 Å². The lowest BCUT2D eigenvalue weighted by Gasteiger charge is -2.18. The van der Waals surface area contributed by atoms with Crippen LogP contribution in [0.25, 0.3) is 0 Å². The molecule has 0 atom stereocenters. The van der Waals surface area contributed by atoms with Gasteiger partial charge in [-0.3, -0.25) is 10.1 Å². The molecule has 0 bridgehead atoms. The van der Waals surface area contributed by atoms with E-state index in [-0.39, 0.29) is 34.1 Å². The smallest absolute Gasteiger partial charge is 0.353 e. The first-order chi connectivity index (χ1) is 13.2. The number of nitrogens with two attached hydrogens (primary N) is 1. The van der Waals surface area contributed by atoms with E-state index in [1.807, 2.05) is 0 Å². The number of nitrogens with zero attached hydrogens (tertiary/aromatic N) is 4. The maximum Gasteiger partial charge on any atom is 0.353 e. The van der Waals surface area contributed by atoms with Gasteiger partial charge in [-0.2, -0.15) is 18.4 Å². The molecule has 2 aromatic rings. The third-order valence-electron chi connectivity index (χ3n) is 3.41. The summed E-state index contributed by atoms with van der Waals surface area (Å²) in [6.07, 6.45) is 1.21. The van der Waals surface area contributed by atoms with Gasteiger partial charge in [0.05, 0.1) is 25.8 Å². The van der Waals surface area contributed by atoms with Crippen molar-refractivity contribution in [3.63, 3.8) is 0 Å². The molecule has 3 N–H and O–H groups in total. The minimum Gasteiger partial charge on any atom is -0.481 e. The molecular formula is C15H18N6O6S. The maximum atomic E-state index is 12.7. The van der Waals surface area contributed by atoms with Crippen LogP contribution in [-0.4, -0.2) is 53.8 Å². The standard InChI is InChI=1S/C15H18N6O6S/c1-4-10(22)9-6-5-7-17-13(9)28(24,25)21(16)15(23)20-14-18-11(26-2)8-12(19-14)27-3/h5-8H,4,16H2,1-3H3,(H,18,19,20,23). The number of carbonyl (C=O) groups is 2. The van der Waals surface area contributed by atoms with Crippen molar-refractivity contribution >= 4 is 27.8 Å². The highest BCUT2D eigenvalue weighted by Crippen LogP contribution is 2.20. The molecular weight excluding hydrogens is 392 g/mol. The van der Waals surface area contributed by atoms with E-state index in [0.29, 0.717) is 0 Å². The van der Waals surface area contributed by atoms with Crippen molar-refractivity contribution in [1.29, 1.82) is 0 Å². The number of rotatable bonds is 7. The zero-order chi connectivity index (χ0) is 20.9. The number of ketones is 1. The van der Waals surface area contributed by atoms with E-state index in [2.05, 4.69) is 20.3 Å². The summed E-state index contributed by atoms with van der Waals surface area (Å²) in [4.78, 5) is 35.7. The molecule has 150 valence electrons. The Morgan fingerprint density at radius 2 is 1.82 bits per heavy atom. The summed E-state index contributed by atoms with van der Waals surface area (Å²) in [5, 5.41) is 1.48. The van der Waals surface area contributed by atoms with Gasteiger partial charge in [0.1, 0.15) is 0 Å². The van der Waals surface area contributed by atoms with Gasteiger partial charge < -0.3 is 9.47 Å². The Hall–Kier alpha value is -3.32. The van der Waals surface area contributed by atoms with E-state index in [4.69, 9.17) is 15.3 Å². The van der Waals surface area contributed by atoms with Crippen molar-refractivity contribution < 1.29 is 27.5 Å². The Bertz CT molecular complexity index is 974. The highest BCUT2D eigenvalue weighted by molar-refractivity contribution is 7.89. The Labute approximate surface area is 160 Å². The number of hydrogen-bond donors (Lipinski definition) is 2. The van der Waals surface area contributed by atoms with Crippen molar-refractivity contribution in [1.82, 2.24) is 19.4 Å². The summed E-state index contributed by atoms with van der Waals surface area (Å²) in [6.45, 7) is 1.56. The fraction of sp³-hybridized carbons (Fsp3) is 0.267. The number of urea groups is 1. The minimum atomic E-state index is -4.63. The van der Waals surface area contributed by atoms with Crippen LogP contribution >= 0.6 is 0 Å². The molecule has 12 nitrogen and oxygen atoms in total. The second kappa shape index (κ2) is 8.58. The van der Waals surface area contributed by atoms with Crippen molar-refractivity contribution in [3.8, 4) is 11.8 Å². The number of ether oxygens (including phenoxy) is 2. The van der Waals surface area contributed by atoms with Gasteiger partial charge in [-0.25, -0.2) is 15.6 Å². The summed E-state index contributed by atoms with van der Waals surface area (Å²) in [7, 11) is -1.96. The van der Waals surface area contributed by atoms with Gasteiger partial charge in [-0.15, -0.1) is 4.41 Å². The molecule has 0 unspecified atom stereocenters. The molecule has 0 fully saturated rings. The summed E-state index contributed by atoms with van der Waals surface area (Å²) in [5.74, 6) is 4.84. The molecule has 0 saturated heterocycles. The molecule has 0 aliphatic rings. The zero-order valence-electron chi connectivity index (χ0n) is 15.2. The van der Waals surface area contributed by atoms with E-state index in [0.717, 1.165) is 0 Å². The normalized spacial score (nSPS) is 10.9. The predicted molar refractivity (Wildman–Crippen MR) is 96.2 cm³/mol. The van der Waals surface area contributed by atoms with Crippen LogP contribution in [-0.2, 0) is 10.0 Å². The van der Waals surface area contributed by atoms with Gasteiger partial charge in [-0.1, -0.05) is 6.92 Å². The number of aromatic nitrogens is 3. The number of nitrogens with one attached hydrogen (secondary N) is 1. The van der Waals surface area contributed by atoms with Crippen molar-refractivity contribution in [3.05, 3.63) is 30.0 Å². The maximum absolute atomic E-state index is 12.7. The van der Waals surface area contributed by atoms with Crippen molar-refractivity contribution in [2.45, 2.75) is 18.4 Å². The van der Waals surface area contributed by atoms with Gasteiger partial charge in [0, 0.05) is 12.6 Å². The van der Waals surface area contributed by atoms with E-state index < -0.39 is 26.9 Å². The van der Waals surface area contributed by atoms with Gasteiger partial charge >= 0.3 is 6.03 Å². The quantitative estimate of drug-likeness (QED) is 0.285. The number of methoxy groups -OCH3 is 2. The lowest BCUT2D eigenvalue weighted by atomic mass is 10.1. The Morgan fingerprint density at radius 1 is 1.21 bits per heavy atom. The molecule has 0 radical (unpaired) electrons. The second-order valence-corrected chi connectivity index (χ2v) is 6.87. The van der Waals surface area contributed by atoms with E-state index in [1.165, 1.54) is 38.6 Å². The monoisotopic (exact) mass is 410 g/mol. The molecule has 2 amide bonds. The summed E-state index contributed by atoms with van der Waals surface area (Å²) in [5.41, 5.74) is -0.174. The second-order valence-electron chi connectivity index (χ2n) is 5.14. The fourth-order valence-corrected chi connectivity index (χ4v) is 3.13. The van der Waals surface area contributed by atoms with E-state index in [1.54, 1.807) is 6.92 Å². The number of pyridine rings is 1. The minimum absolute atomic E-state index is 0.0441. The molecule has 0 aliphatic carbocycles. The van der Waals surface area contributed by atoms with Crippen LogP contribution in [0.5, 0.6) is 11.8 Å². The predicted octanol–water partition coefficient (Wildman–Crippen LogP) is 0.578. The summed E-state index contributed by atoms with van der Waals surface area (Å²) >= 11 is 0. The first-order valence-corrected chi connectivity index (χ1v) is 9.24. The van der Waals surface area contributed by atoms with Crippen LogP contribution in [0.15, 0.2) is 29.4 Å². The topological polar surface area (TPSA) is 167 Å². The third kappa shape index (κ3) is 4.32. The summed E-state index contributed by atoms with van der Waals surface area (Å²) < 4.78 is 35.2. The zero-order valence-corrected chi connectivity index (χ0v) is 16.1. The summed E-state index contributed by atoms with van der Waals surface area (Å²) in [6, 6.07) is 2.76. The highest BCUT2D eigenvalue weighted by Gasteiger charge is 2.32. The number of amides is 2. The number of hydrogen-bond acceptors (Lipinski definition) is 10. The van der Waals surface area contributed by atoms with Crippen LogP contribution in [0, 0.1) is 0 Å². The van der Waals surface area contributed by atoms with E-state index >= 15 is 0 Å². The average molecular weight is 410 g/mol. The van der Waals surface area contributed by atoms with E-state index in [9.17, 15) is 18.0 Å². The Morgan fingerprint density at radius 3 is 2.36 bits per heavy atom. The molecule has 0 aromatic carbocycles. The van der Waals surface area contributed by atoms with Gasteiger partial charge in [0.25, 0.3) is 10.0 Å². The lowest BCUT2D eigenvalue weighted by molar-refractivity contribution is 0.0984. The number of anilines is 1. The van der Waals surface area contributed by atoms with Gasteiger partial charge in [-0.05, 0) is 12.1 Å². The number of carbonyl (C=O) groups excluding carboxylic acids is 2. The number of hydrazine groups is 1. The first-order valence-electron chi connectivity index (χ1n) is 7.80. The largest absolute Gasteiger partial charge is 0.481 e. The van der Waals surface area contributed by atoms with Crippen LogP contribution in [0.2, 0.25) is 0 Å². The number of Topliss-reactive ketones (excluding diaryl/α,β-unsaturated/α-hetero) is 1. The van der Waals surface area contributed by atoms with Gasteiger partial charge in [0.15, 0.2) is 10.8 Å².